The fourth-order valence-corrected chi connectivity index (χ4v) is 3.91. The minimum Gasteiger partial charge on any atom is -0.507 e. The van der Waals surface area contributed by atoms with Crippen LogP contribution < -0.4 is 19.6 Å². The summed E-state index contributed by atoms with van der Waals surface area (Å²) in [4.78, 5) is 25.5. The first kappa shape index (κ1) is 21.5. The van der Waals surface area contributed by atoms with Crippen molar-refractivity contribution in [3.8, 4) is 23.0 Å². The van der Waals surface area contributed by atoms with Gasteiger partial charge in [0.05, 0.1) is 31.8 Å². The number of phenolic OH excluding ortho intramolecular Hbond substituents is 1. The third-order valence-corrected chi connectivity index (χ3v) is 5.44. The highest BCUT2D eigenvalue weighted by atomic mass is 32.2. The Morgan fingerprint density at radius 1 is 1.13 bits per heavy atom. The highest BCUT2D eigenvalue weighted by Gasteiger charge is 2.34. The number of para-hydroxylation sites is 1. The number of thioether (sulfide) groups is 1. The predicted molar refractivity (Wildman–Crippen MR) is 117 cm³/mol. The largest absolute Gasteiger partial charge is 0.507 e. The van der Waals surface area contributed by atoms with Crippen molar-refractivity contribution in [2.45, 2.75) is 0 Å². The van der Waals surface area contributed by atoms with Gasteiger partial charge in [-0.2, -0.15) is 5.01 Å². The van der Waals surface area contributed by atoms with Gasteiger partial charge < -0.3 is 19.3 Å². The zero-order valence-corrected chi connectivity index (χ0v) is 17.9. The summed E-state index contributed by atoms with van der Waals surface area (Å²) in [5, 5.41) is 10.8. The standard InChI is InChI=1S/C20H18N2O6S2/c1-26-14-8-11(9-15(27-2)17(14)28-3)10-16-19(25)22(20(29)30-16)21-18(24)12-6-4-5-7-13(12)23/h4-10,23H,1-3H3,(H,21,24)/b16-10-. The molecule has 10 heteroatoms. The number of hydrogen-bond acceptors (Lipinski definition) is 8. The fraction of sp³-hybridized carbons (Fsp3) is 0.150. The number of ether oxygens (including phenoxy) is 3. The van der Waals surface area contributed by atoms with Crippen molar-refractivity contribution >= 4 is 46.2 Å². The first-order valence-electron chi connectivity index (χ1n) is 8.56. The summed E-state index contributed by atoms with van der Waals surface area (Å²) in [6, 6.07) is 9.38. The van der Waals surface area contributed by atoms with E-state index in [1.165, 1.54) is 33.5 Å². The summed E-state index contributed by atoms with van der Waals surface area (Å²) < 4.78 is 16.1. The Balaban J connectivity index is 1.86. The maximum Gasteiger partial charge on any atom is 0.285 e. The van der Waals surface area contributed by atoms with Crippen LogP contribution in [-0.4, -0.2) is 47.6 Å². The lowest BCUT2D eigenvalue weighted by Crippen LogP contribution is -2.44. The second-order valence-corrected chi connectivity index (χ2v) is 7.61. The van der Waals surface area contributed by atoms with E-state index in [4.69, 9.17) is 26.4 Å². The number of thiocarbonyl (C=S) groups is 1. The van der Waals surface area contributed by atoms with Gasteiger partial charge in [0.15, 0.2) is 15.8 Å². The van der Waals surface area contributed by atoms with Crippen molar-refractivity contribution < 1.29 is 28.9 Å². The van der Waals surface area contributed by atoms with Gasteiger partial charge in [0.25, 0.3) is 11.8 Å². The fourth-order valence-electron chi connectivity index (χ4n) is 2.73. The molecule has 0 unspecified atom stereocenters. The number of benzene rings is 2. The third-order valence-electron chi connectivity index (χ3n) is 4.14. The minimum absolute atomic E-state index is 0.0279. The topological polar surface area (TPSA) is 97.3 Å². The van der Waals surface area contributed by atoms with Crippen LogP contribution in [0.1, 0.15) is 15.9 Å². The van der Waals surface area contributed by atoms with Crippen molar-refractivity contribution in [3.63, 3.8) is 0 Å². The molecule has 0 aromatic heterocycles. The monoisotopic (exact) mass is 446 g/mol. The van der Waals surface area contributed by atoms with E-state index < -0.39 is 11.8 Å². The number of hydrogen-bond donors (Lipinski definition) is 2. The van der Waals surface area contributed by atoms with E-state index in [-0.39, 0.29) is 15.6 Å². The number of rotatable bonds is 6. The maximum atomic E-state index is 12.8. The van der Waals surface area contributed by atoms with Crippen LogP contribution in [0.25, 0.3) is 6.08 Å². The minimum atomic E-state index is -0.654. The second-order valence-electron chi connectivity index (χ2n) is 5.93. The Labute approximate surface area is 182 Å². The first-order valence-corrected chi connectivity index (χ1v) is 9.79. The molecule has 0 saturated carbocycles. The van der Waals surface area contributed by atoms with Gasteiger partial charge in [-0.3, -0.25) is 15.0 Å². The number of aromatic hydroxyl groups is 1. The van der Waals surface area contributed by atoms with Crippen molar-refractivity contribution in [2.75, 3.05) is 21.3 Å². The predicted octanol–water partition coefficient (Wildman–Crippen LogP) is 2.96. The molecule has 1 heterocycles. The quantitative estimate of drug-likeness (QED) is 0.516. The number of nitrogens with one attached hydrogen (secondary N) is 1. The van der Waals surface area contributed by atoms with E-state index in [2.05, 4.69) is 5.43 Å². The van der Waals surface area contributed by atoms with Crippen molar-refractivity contribution in [2.24, 2.45) is 0 Å². The molecule has 2 amide bonds. The molecule has 156 valence electrons. The van der Waals surface area contributed by atoms with E-state index in [1.807, 2.05) is 0 Å². The Morgan fingerprint density at radius 3 is 2.33 bits per heavy atom. The SMILES string of the molecule is COc1cc(/C=C2\SC(=S)N(NC(=O)c3ccccc3O)C2=O)cc(OC)c1OC. The molecule has 0 bridgehead atoms. The summed E-state index contributed by atoms with van der Waals surface area (Å²) in [5.74, 6) is -0.0492. The molecule has 2 aromatic rings. The lowest BCUT2D eigenvalue weighted by atomic mass is 10.1. The summed E-state index contributed by atoms with van der Waals surface area (Å²) in [7, 11) is 4.49. The first-order chi connectivity index (χ1) is 14.4. The van der Waals surface area contributed by atoms with Gasteiger partial charge in [0.1, 0.15) is 5.75 Å². The molecule has 1 saturated heterocycles. The van der Waals surface area contributed by atoms with Crippen LogP contribution in [0.4, 0.5) is 0 Å². The van der Waals surface area contributed by atoms with E-state index in [0.29, 0.717) is 27.7 Å². The van der Waals surface area contributed by atoms with Gasteiger partial charge in [0, 0.05) is 0 Å². The number of nitrogens with zero attached hydrogens (tertiary/aromatic N) is 1. The average Bonchev–Trinajstić information content (AvgIpc) is 3.00. The summed E-state index contributed by atoms with van der Waals surface area (Å²) >= 11 is 6.26. The molecule has 1 fully saturated rings. The van der Waals surface area contributed by atoms with Crippen LogP contribution in [0.5, 0.6) is 23.0 Å². The number of carbonyl (C=O) groups is 2. The molecule has 2 N–H and O–H groups in total. The summed E-state index contributed by atoms with van der Waals surface area (Å²) in [6.07, 6.45) is 1.61. The second kappa shape index (κ2) is 9.06. The highest BCUT2D eigenvalue weighted by Crippen LogP contribution is 2.40. The lowest BCUT2D eigenvalue weighted by Gasteiger charge is -2.16. The Bertz CT molecular complexity index is 1030. The van der Waals surface area contributed by atoms with Gasteiger partial charge in [-0.15, -0.1) is 0 Å². The molecule has 3 rings (SSSR count). The van der Waals surface area contributed by atoms with Gasteiger partial charge in [-0.25, -0.2) is 0 Å². The van der Waals surface area contributed by atoms with Crippen molar-refractivity contribution in [1.29, 1.82) is 0 Å². The lowest BCUT2D eigenvalue weighted by molar-refractivity contribution is -0.123. The number of methoxy groups -OCH3 is 3. The molecule has 8 nitrogen and oxygen atoms in total. The normalized spacial score (nSPS) is 14.8. The Hall–Kier alpha value is -3.24. The number of amides is 2. The van der Waals surface area contributed by atoms with E-state index >= 15 is 0 Å². The van der Waals surface area contributed by atoms with E-state index in [0.717, 1.165) is 16.8 Å². The van der Waals surface area contributed by atoms with Crippen LogP contribution in [0.15, 0.2) is 41.3 Å². The maximum absolute atomic E-state index is 12.8. The van der Waals surface area contributed by atoms with Crippen LogP contribution >= 0.6 is 24.0 Å². The van der Waals surface area contributed by atoms with Gasteiger partial charge in [-0.05, 0) is 48.1 Å². The smallest absolute Gasteiger partial charge is 0.285 e. The molecule has 0 radical (unpaired) electrons. The highest BCUT2D eigenvalue weighted by molar-refractivity contribution is 8.26. The molecule has 2 aromatic carbocycles. The van der Waals surface area contributed by atoms with Crippen LogP contribution in [-0.2, 0) is 4.79 Å². The molecule has 1 aliphatic heterocycles. The summed E-state index contributed by atoms with van der Waals surface area (Å²) in [6.45, 7) is 0. The summed E-state index contributed by atoms with van der Waals surface area (Å²) in [5.41, 5.74) is 3.08. The van der Waals surface area contributed by atoms with Crippen LogP contribution in [0.3, 0.4) is 0 Å². The number of hydrazine groups is 1. The average molecular weight is 447 g/mol. The molecule has 0 atom stereocenters. The molecule has 0 spiro atoms. The van der Waals surface area contributed by atoms with Crippen molar-refractivity contribution in [1.82, 2.24) is 10.4 Å². The van der Waals surface area contributed by atoms with Crippen LogP contribution in [0, 0.1) is 0 Å². The van der Waals surface area contributed by atoms with Gasteiger partial charge >= 0.3 is 0 Å². The zero-order valence-electron chi connectivity index (χ0n) is 16.3. The molecule has 30 heavy (non-hydrogen) atoms. The van der Waals surface area contributed by atoms with Crippen molar-refractivity contribution in [3.05, 3.63) is 52.4 Å². The van der Waals surface area contributed by atoms with E-state index in [9.17, 15) is 14.7 Å². The van der Waals surface area contributed by atoms with E-state index in [1.54, 1.807) is 30.3 Å². The molecular weight excluding hydrogens is 428 g/mol. The van der Waals surface area contributed by atoms with Gasteiger partial charge in [0.2, 0.25) is 5.75 Å². The van der Waals surface area contributed by atoms with Gasteiger partial charge in [-0.1, -0.05) is 23.9 Å². The zero-order chi connectivity index (χ0) is 21.8. The number of carbonyl (C=O) groups excluding carboxylic acids is 2. The van der Waals surface area contributed by atoms with Crippen LogP contribution in [0.2, 0.25) is 0 Å². The Morgan fingerprint density at radius 2 is 1.77 bits per heavy atom. The molecular formula is C20H18N2O6S2. The molecule has 1 aliphatic rings. The Kier molecular flexibility index (Phi) is 6.48. The number of phenols is 1. The molecule has 0 aliphatic carbocycles. The third kappa shape index (κ3) is 4.19.